The standard InChI is InChI=1S/C19H19N5O4S/c1-20-8-11-9-29-19(22-11)21-7-10-2-3-12-13(6-10)18(28)24(17(12)27)14-4-5-15(25)23-16(14)26/h2-3,6,9,14,20H,4-5,7-8H2,1H3,(H,21,22)(H,23,25,26). The monoisotopic (exact) mass is 413 g/mol. The summed E-state index contributed by atoms with van der Waals surface area (Å²) in [5, 5.41) is 11.2. The first-order valence-corrected chi connectivity index (χ1v) is 10.0. The van der Waals surface area contributed by atoms with Gasteiger partial charge < -0.3 is 10.6 Å². The molecule has 4 amide bonds. The van der Waals surface area contributed by atoms with E-state index in [1.807, 2.05) is 12.4 Å². The molecule has 2 aromatic rings. The van der Waals surface area contributed by atoms with Crippen molar-refractivity contribution in [1.82, 2.24) is 20.5 Å². The molecule has 2 aliphatic heterocycles. The number of fused-ring (bicyclic) bond motifs is 1. The summed E-state index contributed by atoms with van der Waals surface area (Å²) >= 11 is 1.49. The van der Waals surface area contributed by atoms with E-state index in [2.05, 4.69) is 20.9 Å². The summed E-state index contributed by atoms with van der Waals surface area (Å²) in [5.41, 5.74) is 2.30. The zero-order valence-corrected chi connectivity index (χ0v) is 16.5. The van der Waals surface area contributed by atoms with E-state index in [0.29, 0.717) is 13.1 Å². The van der Waals surface area contributed by atoms with Gasteiger partial charge in [-0.15, -0.1) is 11.3 Å². The predicted octanol–water partition coefficient (Wildman–Crippen LogP) is 0.876. The Labute approximate surface area is 170 Å². The molecule has 1 aromatic carbocycles. The molecule has 3 heterocycles. The predicted molar refractivity (Wildman–Crippen MR) is 105 cm³/mol. The van der Waals surface area contributed by atoms with Gasteiger partial charge in [-0.2, -0.15) is 0 Å². The van der Waals surface area contributed by atoms with Gasteiger partial charge in [0.25, 0.3) is 11.8 Å². The second kappa shape index (κ2) is 7.72. The molecule has 0 aliphatic carbocycles. The largest absolute Gasteiger partial charge is 0.357 e. The first-order valence-electron chi connectivity index (χ1n) is 9.15. The van der Waals surface area contributed by atoms with Crippen LogP contribution in [0.4, 0.5) is 5.13 Å². The average Bonchev–Trinajstić information content (AvgIpc) is 3.24. The topological polar surface area (TPSA) is 120 Å². The number of nitrogens with one attached hydrogen (secondary N) is 3. The van der Waals surface area contributed by atoms with Crippen molar-refractivity contribution >= 4 is 40.1 Å². The van der Waals surface area contributed by atoms with Crippen LogP contribution in [0, 0.1) is 0 Å². The van der Waals surface area contributed by atoms with Crippen LogP contribution < -0.4 is 16.0 Å². The number of benzene rings is 1. The van der Waals surface area contributed by atoms with E-state index in [9.17, 15) is 19.2 Å². The Bertz CT molecular complexity index is 1020. The smallest absolute Gasteiger partial charge is 0.262 e. The summed E-state index contributed by atoms with van der Waals surface area (Å²) in [4.78, 5) is 54.4. The normalized spacial score (nSPS) is 18.8. The number of imide groups is 2. The molecule has 2 aliphatic rings. The molecular weight excluding hydrogens is 394 g/mol. The minimum absolute atomic E-state index is 0.0995. The SMILES string of the molecule is CNCc1csc(NCc2ccc3c(c2)C(=O)N(C2CCC(=O)NC2=O)C3=O)n1. The highest BCUT2D eigenvalue weighted by atomic mass is 32.1. The Morgan fingerprint density at radius 1 is 1.17 bits per heavy atom. The summed E-state index contributed by atoms with van der Waals surface area (Å²) in [7, 11) is 1.85. The molecular formula is C19H19N5O4S. The molecule has 0 radical (unpaired) electrons. The molecule has 10 heteroatoms. The lowest BCUT2D eigenvalue weighted by Gasteiger charge is -2.27. The quantitative estimate of drug-likeness (QED) is 0.601. The van der Waals surface area contributed by atoms with E-state index in [1.54, 1.807) is 18.2 Å². The molecule has 0 saturated carbocycles. The zero-order valence-electron chi connectivity index (χ0n) is 15.7. The first-order chi connectivity index (χ1) is 14.0. The summed E-state index contributed by atoms with van der Waals surface area (Å²) in [6.07, 6.45) is 0.242. The minimum Gasteiger partial charge on any atom is -0.357 e. The van der Waals surface area contributed by atoms with Gasteiger partial charge in [0.2, 0.25) is 11.8 Å². The number of hydrogen-bond donors (Lipinski definition) is 3. The van der Waals surface area contributed by atoms with E-state index in [0.717, 1.165) is 21.3 Å². The number of nitrogens with zero attached hydrogens (tertiary/aromatic N) is 2. The Morgan fingerprint density at radius 2 is 1.97 bits per heavy atom. The van der Waals surface area contributed by atoms with Gasteiger partial charge in [0, 0.05) is 24.9 Å². The third-order valence-corrected chi connectivity index (χ3v) is 5.71. The number of thiazole rings is 1. The zero-order chi connectivity index (χ0) is 20.5. The molecule has 1 unspecified atom stereocenters. The van der Waals surface area contributed by atoms with Crippen LogP contribution in [0.1, 0.15) is 44.8 Å². The van der Waals surface area contributed by atoms with Crippen LogP contribution in [0.15, 0.2) is 23.6 Å². The summed E-state index contributed by atoms with van der Waals surface area (Å²) in [5.74, 6) is -2.02. The van der Waals surface area contributed by atoms with Crippen LogP contribution in [-0.2, 0) is 22.7 Å². The van der Waals surface area contributed by atoms with Gasteiger partial charge in [-0.05, 0) is 31.2 Å². The Morgan fingerprint density at radius 3 is 2.72 bits per heavy atom. The fourth-order valence-corrected chi connectivity index (χ4v) is 4.17. The van der Waals surface area contributed by atoms with Crippen molar-refractivity contribution in [3.05, 3.63) is 46.0 Å². The van der Waals surface area contributed by atoms with E-state index in [1.165, 1.54) is 11.3 Å². The van der Waals surface area contributed by atoms with Crippen molar-refractivity contribution in [1.29, 1.82) is 0 Å². The number of aromatic nitrogens is 1. The van der Waals surface area contributed by atoms with Crippen LogP contribution in [-0.4, -0.2) is 46.6 Å². The van der Waals surface area contributed by atoms with Gasteiger partial charge in [-0.1, -0.05) is 6.07 Å². The highest BCUT2D eigenvalue weighted by Crippen LogP contribution is 2.28. The van der Waals surface area contributed by atoms with Crippen molar-refractivity contribution in [3.63, 3.8) is 0 Å². The van der Waals surface area contributed by atoms with E-state index >= 15 is 0 Å². The molecule has 0 bridgehead atoms. The average molecular weight is 413 g/mol. The van der Waals surface area contributed by atoms with Gasteiger partial charge in [-0.3, -0.25) is 29.4 Å². The van der Waals surface area contributed by atoms with Gasteiger partial charge in [-0.25, -0.2) is 4.98 Å². The highest BCUT2D eigenvalue weighted by molar-refractivity contribution is 7.13. The number of hydrogen-bond acceptors (Lipinski definition) is 8. The molecule has 3 N–H and O–H groups in total. The molecule has 150 valence electrons. The van der Waals surface area contributed by atoms with Gasteiger partial charge in [0.05, 0.1) is 16.8 Å². The van der Waals surface area contributed by atoms with Crippen LogP contribution in [0.5, 0.6) is 0 Å². The molecule has 4 rings (SSSR count). The molecule has 9 nitrogen and oxygen atoms in total. The van der Waals surface area contributed by atoms with Gasteiger partial charge in [0.1, 0.15) is 6.04 Å². The van der Waals surface area contributed by atoms with Crippen LogP contribution >= 0.6 is 11.3 Å². The Balaban J connectivity index is 1.49. The van der Waals surface area contributed by atoms with Crippen LogP contribution in [0.25, 0.3) is 0 Å². The van der Waals surface area contributed by atoms with E-state index in [4.69, 9.17) is 0 Å². The maximum absolute atomic E-state index is 12.8. The third-order valence-electron chi connectivity index (χ3n) is 4.86. The molecule has 1 atom stereocenters. The summed E-state index contributed by atoms with van der Waals surface area (Å²) in [6.45, 7) is 1.13. The molecule has 1 aromatic heterocycles. The minimum atomic E-state index is -0.956. The Hall–Kier alpha value is -3.11. The number of carbonyl (C=O) groups excluding carboxylic acids is 4. The maximum atomic E-state index is 12.8. The molecule has 0 spiro atoms. The van der Waals surface area contributed by atoms with Gasteiger partial charge >= 0.3 is 0 Å². The van der Waals surface area contributed by atoms with E-state index in [-0.39, 0.29) is 24.0 Å². The summed E-state index contributed by atoms with van der Waals surface area (Å²) in [6, 6.07) is 4.08. The van der Waals surface area contributed by atoms with Crippen molar-refractivity contribution in [2.45, 2.75) is 32.0 Å². The van der Waals surface area contributed by atoms with E-state index < -0.39 is 29.7 Å². The van der Waals surface area contributed by atoms with Crippen molar-refractivity contribution in [3.8, 4) is 0 Å². The van der Waals surface area contributed by atoms with Gasteiger partial charge in [0.15, 0.2) is 5.13 Å². The Kier molecular flexibility index (Phi) is 5.12. The fourth-order valence-electron chi connectivity index (χ4n) is 3.46. The number of anilines is 1. The van der Waals surface area contributed by atoms with Crippen LogP contribution in [0.2, 0.25) is 0 Å². The fraction of sp³-hybridized carbons (Fsp3) is 0.316. The second-order valence-electron chi connectivity index (χ2n) is 6.86. The van der Waals surface area contributed by atoms with Crippen molar-refractivity contribution < 1.29 is 19.2 Å². The number of amides is 4. The number of piperidine rings is 1. The highest BCUT2D eigenvalue weighted by Gasteiger charge is 2.44. The molecule has 1 saturated heterocycles. The number of carbonyl (C=O) groups is 4. The lowest BCUT2D eigenvalue weighted by atomic mass is 10.0. The molecule has 29 heavy (non-hydrogen) atoms. The summed E-state index contributed by atoms with van der Waals surface area (Å²) < 4.78 is 0. The second-order valence-corrected chi connectivity index (χ2v) is 7.71. The van der Waals surface area contributed by atoms with Crippen LogP contribution in [0.3, 0.4) is 0 Å². The molecule has 1 fully saturated rings. The lowest BCUT2D eigenvalue weighted by Crippen LogP contribution is -2.54. The lowest BCUT2D eigenvalue weighted by molar-refractivity contribution is -0.136. The first kappa shape index (κ1) is 19.2. The number of rotatable bonds is 6. The third kappa shape index (κ3) is 3.64. The van der Waals surface area contributed by atoms with Crippen molar-refractivity contribution in [2.24, 2.45) is 0 Å². The van der Waals surface area contributed by atoms with Crippen molar-refractivity contribution in [2.75, 3.05) is 12.4 Å². The maximum Gasteiger partial charge on any atom is 0.262 e.